The van der Waals surface area contributed by atoms with E-state index in [0.717, 1.165) is 22.0 Å². The van der Waals surface area contributed by atoms with Crippen LogP contribution in [0.3, 0.4) is 0 Å². The number of aromatic hydroxyl groups is 2. The van der Waals surface area contributed by atoms with E-state index in [1.54, 1.807) is 12.3 Å². The van der Waals surface area contributed by atoms with Crippen LogP contribution < -0.4 is 5.32 Å². The van der Waals surface area contributed by atoms with Crippen molar-refractivity contribution in [3.8, 4) is 11.5 Å². The first kappa shape index (κ1) is 27.1. The molecule has 1 heterocycles. The van der Waals surface area contributed by atoms with E-state index in [2.05, 4.69) is 10.3 Å². The Hall–Kier alpha value is -5.43. The van der Waals surface area contributed by atoms with Gasteiger partial charge in [0.1, 0.15) is 6.04 Å². The molecule has 7 nitrogen and oxygen atoms in total. The van der Waals surface area contributed by atoms with E-state index in [1.807, 2.05) is 91.0 Å². The number of aromatic nitrogens is 1. The summed E-state index contributed by atoms with van der Waals surface area (Å²) in [4.78, 5) is 33.9. The van der Waals surface area contributed by atoms with Gasteiger partial charge in [0.2, 0.25) is 11.8 Å². The normalized spacial score (nSPS) is 11.8. The van der Waals surface area contributed by atoms with Gasteiger partial charge in [0.15, 0.2) is 11.5 Å². The van der Waals surface area contributed by atoms with Gasteiger partial charge in [-0.3, -0.25) is 14.6 Å². The third-order valence-electron chi connectivity index (χ3n) is 6.69. The van der Waals surface area contributed by atoms with E-state index in [1.165, 1.54) is 29.2 Å². The number of amides is 2. The highest BCUT2D eigenvalue weighted by molar-refractivity contribution is 5.96. The Morgan fingerprint density at radius 2 is 1.49 bits per heavy atom. The molecule has 0 saturated heterocycles. The van der Waals surface area contributed by atoms with Gasteiger partial charge < -0.3 is 20.4 Å². The van der Waals surface area contributed by atoms with Crippen molar-refractivity contribution in [2.75, 3.05) is 0 Å². The quantitative estimate of drug-likeness (QED) is 0.162. The average molecular weight is 544 g/mol. The number of para-hydroxylation sites is 1. The van der Waals surface area contributed by atoms with Crippen molar-refractivity contribution < 1.29 is 19.8 Å². The highest BCUT2D eigenvalue weighted by atomic mass is 16.3. The first-order valence-corrected chi connectivity index (χ1v) is 13.2. The molecule has 7 heteroatoms. The van der Waals surface area contributed by atoms with Gasteiger partial charge in [-0.25, -0.2) is 0 Å². The molecular formula is C34H29N3O4. The first-order valence-electron chi connectivity index (χ1n) is 13.2. The molecule has 204 valence electrons. The number of carbonyl (C=O) groups is 2. The Morgan fingerprint density at radius 3 is 2.22 bits per heavy atom. The van der Waals surface area contributed by atoms with Gasteiger partial charge >= 0.3 is 0 Å². The fourth-order valence-corrected chi connectivity index (χ4v) is 4.58. The second-order valence-electron chi connectivity index (χ2n) is 9.60. The van der Waals surface area contributed by atoms with Gasteiger partial charge in [-0.2, -0.15) is 0 Å². The highest BCUT2D eigenvalue weighted by Crippen LogP contribution is 2.28. The van der Waals surface area contributed by atoms with E-state index in [0.29, 0.717) is 17.7 Å². The van der Waals surface area contributed by atoms with Crippen LogP contribution >= 0.6 is 0 Å². The summed E-state index contributed by atoms with van der Waals surface area (Å²) in [5, 5.41) is 23.4. The molecule has 0 aliphatic rings. The Kier molecular flexibility index (Phi) is 8.35. The third kappa shape index (κ3) is 6.78. The number of nitrogens with one attached hydrogen (secondary N) is 1. The molecule has 5 aromatic rings. The van der Waals surface area contributed by atoms with Crippen LogP contribution in [0.15, 0.2) is 121 Å². The van der Waals surface area contributed by atoms with Crippen LogP contribution in [0, 0.1) is 0 Å². The molecule has 5 rings (SSSR count). The molecule has 0 bridgehead atoms. The summed E-state index contributed by atoms with van der Waals surface area (Å²) in [6.45, 7) is 0.467. The maximum absolute atomic E-state index is 13.9. The van der Waals surface area contributed by atoms with E-state index >= 15 is 0 Å². The lowest BCUT2D eigenvalue weighted by molar-refractivity contribution is -0.138. The van der Waals surface area contributed by atoms with Crippen molar-refractivity contribution in [2.24, 2.45) is 0 Å². The second-order valence-corrected chi connectivity index (χ2v) is 9.60. The number of hydrogen-bond acceptors (Lipinski definition) is 5. The molecule has 0 spiro atoms. The Bertz CT molecular complexity index is 1690. The van der Waals surface area contributed by atoms with Crippen molar-refractivity contribution in [1.29, 1.82) is 0 Å². The van der Waals surface area contributed by atoms with Crippen LogP contribution in [0.5, 0.6) is 11.5 Å². The summed E-state index contributed by atoms with van der Waals surface area (Å²) in [5.41, 5.74) is 3.67. The predicted octanol–water partition coefficient (Wildman–Crippen LogP) is 5.75. The van der Waals surface area contributed by atoms with Crippen molar-refractivity contribution in [3.63, 3.8) is 0 Å². The number of phenolic OH excluding ortho intramolecular Hbond substituents is 2. The molecule has 0 saturated carbocycles. The third-order valence-corrected chi connectivity index (χ3v) is 6.69. The van der Waals surface area contributed by atoms with Gasteiger partial charge in [-0.1, -0.05) is 84.9 Å². The Labute approximate surface area is 238 Å². The number of phenols is 2. The van der Waals surface area contributed by atoms with Gasteiger partial charge in [-0.05, 0) is 47.0 Å². The van der Waals surface area contributed by atoms with E-state index in [-0.39, 0.29) is 24.0 Å². The van der Waals surface area contributed by atoms with Gasteiger partial charge in [0.05, 0.1) is 5.52 Å². The number of fused-ring (bicyclic) bond motifs is 1. The monoisotopic (exact) mass is 543 g/mol. The van der Waals surface area contributed by atoms with Crippen LogP contribution in [-0.2, 0) is 22.7 Å². The lowest BCUT2D eigenvalue weighted by Crippen LogP contribution is -2.42. The van der Waals surface area contributed by atoms with Crippen LogP contribution in [-0.4, -0.2) is 31.9 Å². The maximum Gasteiger partial charge on any atom is 0.247 e. The minimum absolute atomic E-state index is 0.168. The number of benzene rings is 4. The Morgan fingerprint density at radius 1 is 0.805 bits per heavy atom. The van der Waals surface area contributed by atoms with Gasteiger partial charge in [-0.15, -0.1) is 0 Å². The standard InChI is InChI=1S/C34H29N3O4/c38-30-17-15-24(19-31(30)39)16-18-32(40)37(23-26-11-5-2-6-12-26)33(34(41)36-21-25-9-3-1-4-10-25)28-20-27-13-7-8-14-29(27)35-22-28/h1-20,22,33,38-39H,21,23H2,(H,36,41)/b18-16+. The largest absolute Gasteiger partial charge is 0.504 e. The molecule has 1 aromatic heterocycles. The van der Waals surface area contributed by atoms with Crippen molar-refractivity contribution in [2.45, 2.75) is 19.1 Å². The lowest BCUT2D eigenvalue weighted by Gasteiger charge is -2.31. The smallest absolute Gasteiger partial charge is 0.247 e. The van der Waals surface area contributed by atoms with Crippen LogP contribution in [0.1, 0.15) is 28.3 Å². The fraction of sp³-hybridized carbons (Fsp3) is 0.0882. The van der Waals surface area contributed by atoms with Crippen LogP contribution in [0.25, 0.3) is 17.0 Å². The maximum atomic E-state index is 13.9. The molecule has 0 radical (unpaired) electrons. The minimum Gasteiger partial charge on any atom is -0.504 e. The van der Waals surface area contributed by atoms with Crippen LogP contribution in [0.2, 0.25) is 0 Å². The fourth-order valence-electron chi connectivity index (χ4n) is 4.58. The van der Waals surface area contributed by atoms with Crippen molar-refractivity contribution >= 4 is 28.8 Å². The molecular weight excluding hydrogens is 514 g/mol. The van der Waals surface area contributed by atoms with Crippen LogP contribution in [0.4, 0.5) is 0 Å². The SMILES string of the molecule is O=C(NCc1ccccc1)C(c1cnc2ccccc2c1)N(Cc1ccccc1)C(=O)/C=C/c1ccc(O)c(O)c1. The predicted molar refractivity (Wildman–Crippen MR) is 159 cm³/mol. The zero-order valence-electron chi connectivity index (χ0n) is 22.2. The van der Waals surface area contributed by atoms with Crippen molar-refractivity contribution in [1.82, 2.24) is 15.2 Å². The average Bonchev–Trinajstić information content (AvgIpc) is 3.01. The van der Waals surface area contributed by atoms with Gasteiger partial charge in [0.25, 0.3) is 0 Å². The summed E-state index contributed by atoms with van der Waals surface area (Å²) in [6.07, 6.45) is 4.54. The minimum atomic E-state index is -0.985. The summed E-state index contributed by atoms with van der Waals surface area (Å²) < 4.78 is 0. The lowest BCUT2D eigenvalue weighted by atomic mass is 10.0. The molecule has 3 N–H and O–H groups in total. The topological polar surface area (TPSA) is 103 Å². The molecule has 0 aliphatic heterocycles. The molecule has 1 atom stereocenters. The zero-order valence-corrected chi connectivity index (χ0v) is 22.2. The zero-order chi connectivity index (χ0) is 28.6. The highest BCUT2D eigenvalue weighted by Gasteiger charge is 2.31. The molecule has 4 aromatic carbocycles. The van der Waals surface area contributed by atoms with Gasteiger partial charge in [0, 0.05) is 36.3 Å². The first-order chi connectivity index (χ1) is 20.0. The number of rotatable bonds is 9. The van der Waals surface area contributed by atoms with Crippen molar-refractivity contribution in [3.05, 3.63) is 144 Å². The van der Waals surface area contributed by atoms with E-state index < -0.39 is 11.9 Å². The molecule has 0 fully saturated rings. The summed E-state index contributed by atoms with van der Waals surface area (Å²) >= 11 is 0. The molecule has 1 unspecified atom stereocenters. The number of pyridine rings is 1. The molecule has 2 amide bonds. The Balaban J connectivity index is 1.54. The van der Waals surface area contributed by atoms with E-state index in [9.17, 15) is 19.8 Å². The number of hydrogen-bond donors (Lipinski definition) is 3. The number of nitrogens with zero attached hydrogens (tertiary/aromatic N) is 2. The van der Waals surface area contributed by atoms with E-state index in [4.69, 9.17) is 0 Å². The second kappa shape index (κ2) is 12.6. The molecule has 41 heavy (non-hydrogen) atoms. The molecule has 0 aliphatic carbocycles. The summed E-state index contributed by atoms with van der Waals surface area (Å²) in [7, 11) is 0. The summed E-state index contributed by atoms with van der Waals surface area (Å²) in [6, 6.07) is 31.9. The summed E-state index contributed by atoms with van der Waals surface area (Å²) in [5.74, 6) is -1.29. The number of carbonyl (C=O) groups excluding carboxylic acids is 2.